The number of urea groups is 1. The van der Waals surface area contributed by atoms with Crippen LogP contribution in [0.4, 0.5) is 16.2 Å². The van der Waals surface area contributed by atoms with Crippen LogP contribution in [0.3, 0.4) is 0 Å². The van der Waals surface area contributed by atoms with Crippen molar-refractivity contribution in [2.24, 2.45) is 5.41 Å². The molecule has 1 fully saturated rings. The third-order valence-corrected chi connectivity index (χ3v) is 6.12. The van der Waals surface area contributed by atoms with Gasteiger partial charge in [-0.05, 0) is 24.5 Å². The molecule has 0 saturated carbocycles. The van der Waals surface area contributed by atoms with Crippen LogP contribution in [0, 0.1) is 15.5 Å². The Bertz CT molecular complexity index is 930. The number of barbiturate groups is 1. The average Bonchev–Trinajstić information content (AvgIpc) is 2.74. The van der Waals surface area contributed by atoms with Gasteiger partial charge in [0, 0.05) is 37.3 Å². The zero-order valence-corrected chi connectivity index (χ0v) is 17.9. The van der Waals surface area contributed by atoms with Crippen molar-refractivity contribution in [3.05, 3.63) is 46.5 Å². The monoisotopic (exact) mass is 428 g/mol. The van der Waals surface area contributed by atoms with Gasteiger partial charge >= 0.3 is 6.03 Å². The number of nitrogens with zero attached hydrogens (tertiary/aromatic N) is 3. The van der Waals surface area contributed by atoms with Crippen LogP contribution in [0.25, 0.3) is 0 Å². The van der Waals surface area contributed by atoms with E-state index in [1.54, 1.807) is 6.07 Å². The van der Waals surface area contributed by atoms with Gasteiger partial charge in [0.1, 0.15) is 0 Å². The van der Waals surface area contributed by atoms with Crippen LogP contribution in [0.15, 0.2) is 30.9 Å². The van der Waals surface area contributed by atoms with Crippen LogP contribution in [0.2, 0.25) is 0 Å². The molecule has 1 N–H and O–H groups in total. The number of carbonyl (C=O) groups is 3. The molecule has 0 bridgehead atoms. The Kier molecular flexibility index (Phi) is 6.42. The molecule has 2 heterocycles. The van der Waals surface area contributed by atoms with Crippen molar-refractivity contribution in [2.75, 3.05) is 18.0 Å². The fourth-order valence-corrected chi connectivity index (χ4v) is 4.69. The first-order valence-electron chi connectivity index (χ1n) is 10.6. The van der Waals surface area contributed by atoms with E-state index in [1.165, 1.54) is 18.2 Å². The molecule has 0 aliphatic carbocycles. The van der Waals surface area contributed by atoms with Gasteiger partial charge in [0.15, 0.2) is 5.41 Å². The van der Waals surface area contributed by atoms with E-state index in [0.29, 0.717) is 18.5 Å². The number of imide groups is 2. The summed E-state index contributed by atoms with van der Waals surface area (Å²) in [7, 11) is 0. The zero-order chi connectivity index (χ0) is 22.8. The van der Waals surface area contributed by atoms with Crippen molar-refractivity contribution in [3.63, 3.8) is 0 Å². The van der Waals surface area contributed by atoms with Crippen molar-refractivity contribution in [3.8, 4) is 0 Å². The average molecular weight is 428 g/mol. The fraction of sp³-hybridized carbons (Fsp3) is 0.500. The van der Waals surface area contributed by atoms with E-state index in [9.17, 15) is 24.5 Å². The van der Waals surface area contributed by atoms with Gasteiger partial charge in [-0.25, -0.2) is 4.79 Å². The third kappa shape index (κ3) is 3.68. The number of nitro benzene ring substituents is 1. The van der Waals surface area contributed by atoms with Gasteiger partial charge in [-0.1, -0.05) is 32.8 Å². The van der Waals surface area contributed by atoms with Crippen molar-refractivity contribution in [1.82, 2.24) is 10.2 Å². The first kappa shape index (κ1) is 22.5. The molecule has 31 heavy (non-hydrogen) atoms. The standard InChI is InChI=1S/C22H28N4O5/c1-4-7-12-24-17-10-9-16(26(30)31)13-15(17)14-22(18(24)8-5-2)19(27)23-21(29)25(11-6-3)20(22)28/h6,9-10,13,18H,3-5,7-8,11-12,14H2,1-2H3,(H,23,27,29)/t18-,22+/m0/s1. The molecule has 0 aromatic heterocycles. The number of unbranched alkanes of at least 4 members (excludes halogenated alkanes) is 1. The minimum Gasteiger partial charge on any atom is -0.367 e. The number of benzene rings is 1. The van der Waals surface area contributed by atoms with Gasteiger partial charge in [0.2, 0.25) is 11.8 Å². The summed E-state index contributed by atoms with van der Waals surface area (Å²) in [6.45, 7) is 8.22. The molecule has 1 saturated heterocycles. The molecule has 2 aliphatic heterocycles. The van der Waals surface area contributed by atoms with Crippen LogP contribution < -0.4 is 10.2 Å². The normalized spacial score (nSPS) is 23.0. The predicted octanol–water partition coefficient (Wildman–Crippen LogP) is 3.18. The Balaban J connectivity index is 2.22. The lowest BCUT2D eigenvalue weighted by Crippen LogP contribution is -2.72. The lowest BCUT2D eigenvalue weighted by atomic mass is 9.67. The molecule has 9 heteroatoms. The molecular formula is C22H28N4O5. The number of fused-ring (bicyclic) bond motifs is 1. The number of rotatable bonds is 8. The SMILES string of the molecule is C=CCN1C(=O)NC(=O)[C@]2(Cc3cc([N+](=O)[O-])ccc3N(CCCC)[C@H]2CCC)C1=O. The second kappa shape index (κ2) is 8.87. The smallest absolute Gasteiger partial charge is 0.331 e. The van der Waals surface area contributed by atoms with Gasteiger partial charge in [0.25, 0.3) is 5.69 Å². The quantitative estimate of drug-likeness (QED) is 0.294. The summed E-state index contributed by atoms with van der Waals surface area (Å²) in [6, 6.07) is 3.37. The minimum absolute atomic E-state index is 0.00287. The molecular weight excluding hydrogens is 400 g/mol. The number of hydrogen-bond acceptors (Lipinski definition) is 6. The van der Waals surface area contributed by atoms with Gasteiger partial charge < -0.3 is 4.90 Å². The van der Waals surface area contributed by atoms with Crippen molar-refractivity contribution >= 4 is 29.2 Å². The highest BCUT2D eigenvalue weighted by Gasteiger charge is 2.61. The molecule has 3 rings (SSSR count). The summed E-state index contributed by atoms with van der Waals surface area (Å²) in [5, 5.41) is 13.7. The Morgan fingerprint density at radius 1 is 1.29 bits per heavy atom. The van der Waals surface area contributed by atoms with E-state index in [-0.39, 0.29) is 18.7 Å². The zero-order valence-electron chi connectivity index (χ0n) is 17.9. The van der Waals surface area contributed by atoms with Crippen LogP contribution in [-0.4, -0.2) is 46.8 Å². The molecule has 0 unspecified atom stereocenters. The summed E-state index contributed by atoms with van der Waals surface area (Å²) >= 11 is 0. The molecule has 2 atom stereocenters. The van der Waals surface area contributed by atoms with Crippen LogP contribution in [0.1, 0.15) is 45.1 Å². The van der Waals surface area contributed by atoms with Gasteiger partial charge in [-0.2, -0.15) is 0 Å². The highest BCUT2D eigenvalue weighted by atomic mass is 16.6. The molecule has 1 aromatic rings. The lowest BCUT2D eigenvalue weighted by Gasteiger charge is -2.52. The highest BCUT2D eigenvalue weighted by molar-refractivity contribution is 6.20. The van der Waals surface area contributed by atoms with Gasteiger partial charge in [-0.15, -0.1) is 6.58 Å². The lowest BCUT2D eigenvalue weighted by molar-refractivity contribution is -0.384. The number of nitro groups is 1. The van der Waals surface area contributed by atoms with E-state index >= 15 is 0 Å². The van der Waals surface area contributed by atoms with E-state index < -0.39 is 34.2 Å². The topological polar surface area (TPSA) is 113 Å². The van der Waals surface area contributed by atoms with E-state index in [0.717, 1.165) is 29.8 Å². The molecule has 0 radical (unpaired) electrons. The Morgan fingerprint density at radius 3 is 2.65 bits per heavy atom. The molecule has 1 spiro atoms. The number of nitrogens with one attached hydrogen (secondary N) is 1. The summed E-state index contributed by atoms with van der Waals surface area (Å²) in [5.74, 6) is -1.21. The maximum Gasteiger partial charge on any atom is 0.331 e. The van der Waals surface area contributed by atoms with Crippen molar-refractivity contribution in [2.45, 2.75) is 52.0 Å². The molecule has 2 aliphatic rings. The maximum atomic E-state index is 13.7. The minimum atomic E-state index is -1.54. The van der Waals surface area contributed by atoms with Crippen molar-refractivity contribution < 1.29 is 19.3 Å². The highest BCUT2D eigenvalue weighted by Crippen LogP contribution is 2.46. The second-order valence-corrected chi connectivity index (χ2v) is 8.03. The Labute approximate surface area is 181 Å². The molecule has 9 nitrogen and oxygen atoms in total. The summed E-state index contributed by atoms with van der Waals surface area (Å²) in [4.78, 5) is 53.3. The second-order valence-electron chi connectivity index (χ2n) is 8.03. The first-order valence-corrected chi connectivity index (χ1v) is 10.6. The van der Waals surface area contributed by atoms with Crippen LogP contribution in [-0.2, 0) is 16.0 Å². The van der Waals surface area contributed by atoms with E-state index in [2.05, 4.69) is 11.9 Å². The van der Waals surface area contributed by atoms with Gasteiger partial charge in [0.05, 0.1) is 11.0 Å². The number of carbonyl (C=O) groups excluding carboxylic acids is 3. The van der Waals surface area contributed by atoms with E-state index in [4.69, 9.17) is 0 Å². The maximum absolute atomic E-state index is 13.7. The summed E-state index contributed by atoms with van der Waals surface area (Å²) in [5.41, 5.74) is -0.269. The third-order valence-electron chi connectivity index (χ3n) is 6.12. The van der Waals surface area contributed by atoms with E-state index in [1.807, 2.05) is 18.7 Å². The van der Waals surface area contributed by atoms with Crippen LogP contribution in [0.5, 0.6) is 0 Å². The molecule has 166 valence electrons. The number of hydrogen-bond donors (Lipinski definition) is 1. The Hall–Kier alpha value is -3.23. The predicted molar refractivity (Wildman–Crippen MR) is 116 cm³/mol. The number of anilines is 1. The largest absolute Gasteiger partial charge is 0.367 e. The van der Waals surface area contributed by atoms with Crippen LogP contribution >= 0.6 is 0 Å². The number of non-ortho nitro benzene ring substituents is 1. The number of amides is 4. The summed E-state index contributed by atoms with van der Waals surface area (Å²) < 4.78 is 0. The fourth-order valence-electron chi connectivity index (χ4n) is 4.69. The Morgan fingerprint density at radius 2 is 2.03 bits per heavy atom. The molecule has 4 amide bonds. The first-order chi connectivity index (χ1) is 14.8. The molecule has 1 aromatic carbocycles. The summed E-state index contributed by atoms with van der Waals surface area (Å²) in [6.07, 6.45) is 4.47. The van der Waals surface area contributed by atoms with Crippen molar-refractivity contribution in [1.29, 1.82) is 0 Å². The van der Waals surface area contributed by atoms with Gasteiger partial charge in [-0.3, -0.25) is 29.9 Å².